The largest absolute Gasteiger partial charge is 0.375 e. The van der Waals surface area contributed by atoms with E-state index in [0.717, 1.165) is 47.6 Å². The summed E-state index contributed by atoms with van der Waals surface area (Å²) in [5, 5.41) is 1.31. The number of thioether (sulfide) groups is 1. The molecule has 0 saturated carbocycles. The number of likely N-dealkylation sites (N-methyl/N-ethyl adjacent to an activating group) is 1. The number of hydrogen-bond acceptors (Lipinski definition) is 8. The SMILES string of the molecule is CN1CCN(c2nc(SCc3ccccc3)nc3nc(N)sc23)CC1. The molecule has 1 aliphatic heterocycles. The summed E-state index contributed by atoms with van der Waals surface area (Å²) in [6.45, 7) is 3.99. The number of nitrogen functional groups attached to an aromatic ring is 1. The molecule has 1 saturated heterocycles. The van der Waals surface area contributed by atoms with Gasteiger partial charge in [0.25, 0.3) is 0 Å². The first-order chi connectivity index (χ1) is 12.2. The third-order valence-corrected chi connectivity index (χ3v) is 6.03. The van der Waals surface area contributed by atoms with Crippen molar-refractivity contribution < 1.29 is 0 Å². The van der Waals surface area contributed by atoms with E-state index >= 15 is 0 Å². The van der Waals surface area contributed by atoms with E-state index in [0.29, 0.717) is 10.8 Å². The Kier molecular flexibility index (Phi) is 4.74. The van der Waals surface area contributed by atoms with Gasteiger partial charge in [-0.05, 0) is 12.6 Å². The Bertz CT molecular complexity index is 858. The van der Waals surface area contributed by atoms with Crippen molar-refractivity contribution in [2.75, 3.05) is 43.9 Å². The van der Waals surface area contributed by atoms with E-state index in [1.807, 2.05) is 6.07 Å². The second kappa shape index (κ2) is 7.15. The number of fused-ring (bicyclic) bond motifs is 1. The molecule has 0 atom stereocenters. The molecule has 0 amide bonds. The molecule has 1 fully saturated rings. The van der Waals surface area contributed by atoms with Gasteiger partial charge in [0.15, 0.2) is 21.8 Å². The predicted octanol–water partition coefficient (Wildman–Crippen LogP) is 2.71. The van der Waals surface area contributed by atoms with E-state index in [9.17, 15) is 0 Å². The van der Waals surface area contributed by atoms with Gasteiger partial charge in [0, 0.05) is 31.9 Å². The van der Waals surface area contributed by atoms with Crippen molar-refractivity contribution >= 4 is 44.4 Å². The number of anilines is 2. The third-order valence-electron chi connectivity index (χ3n) is 4.25. The zero-order chi connectivity index (χ0) is 17.2. The number of aromatic nitrogens is 3. The van der Waals surface area contributed by atoms with Gasteiger partial charge in [-0.2, -0.15) is 0 Å². The van der Waals surface area contributed by atoms with Gasteiger partial charge >= 0.3 is 0 Å². The minimum atomic E-state index is 0.546. The van der Waals surface area contributed by atoms with Crippen molar-refractivity contribution in [3.63, 3.8) is 0 Å². The van der Waals surface area contributed by atoms with Crippen molar-refractivity contribution in [3.8, 4) is 0 Å². The molecule has 130 valence electrons. The lowest BCUT2D eigenvalue weighted by Crippen LogP contribution is -2.44. The third kappa shape index (κ3) is 3.70. The van der Waals surface area contributed by atoms with Crippen LogP contribution >= 0.6 is 23.1 Å². The molecule has 3 heterocycles. The van der Waals surface area contributed by atoms with Crippen LogP contribution < -0.4 is 10.6 Å². The highest BCUT2D eigenvalue weighted by atomic mass is 32.2. The van der Waals surface area contributed by atoms with Crippen molar-refractivity contribution in [2.45, 2.75) is 10.9 Å². The van der Waals surface area contributed by atoms with Crippen molar-refractivity contribution in [1.29, 1.82) is 0 Å². The lowest BCUT2D eigenvalue weighted by Gasteiger charge is -2.33. The molecule has 1 aromatic carbocycles. The minimum absolute atomic E-state index is 0.546. The van der Waals surface area contributed by atoms with Gasteiger partial charge in [0.2, 0.25) is 0 Å². The molecule has 3 aromatic rings. The topological polar surface area (TPSA) is 71.2 Å². The number of nitrogens with zero attached hydrogens (tertiary/aromatic N) is 5. The standard InChI is InChI=1S/C17H20N6S2/c1-22-7-9-23(10-8-22)15-13-14(19-16(18)25-13)20-17(21-15)24-11-12-5-3-2-4-6-12/h2-6H,7-11H2,1H3,(H2,18,19,20,21). The van der Waals surface area contributed by atoms with E-state index < -0.39 is 0 Å². The maximum absolute atomic E-state index is 5.93. The quantitative estimate of drug-likeness (QED) is 0.558. The Morgan fingerprint density at radius 1 is 1.08 bits per heavy atom. The van der Waals surface area contributed by atoms with Gasteiger partial charge in [0.05, 0.1) is 0 Å². The Balaban J connectivity index is 1.63. The smallest absolute Gasteiger partial charge is 0.191 e. The van der Waals surface area contributed by atoms with Gasteiger partial charge in [-0.25, -0.2) is 15.0 Å². The highest BCUT2D eigenvalue weighted by Crippen LogP contribution is 2.33. The monoisotopic (exact) mass is 372 g/mol. The fourth-order valence-electron chi connectivity index (χ4n) is 2.83. The van der Waals surface area contributed by atoms with E-state index in [1.54, 1.807) is 11.8 Å². The van der Waals surface area contributed by atoms with Crippen molar-refractivity contribution in [1.82, 2.24) is 19.9 Å². The Morgan fingerprint density at radius 3 is 2.60 bits per heavy atom. The molecule has 0 bridgehead atoms. The summed E-state index contributed by atoms with van der Waals surface area (Å²) in [5.74, 6) is 1.82. The normalized spacial score (nSPS) is 15.8. The van der Waals surface area contributed by atoms with Gasteiger partial charge < -0.3 is 15.5 Å². The summed E-state index contributed by atoms with van der Waals surface area (Å²) in [4.78, 5) is 18.5. The number of nitrogens with two attached hydrogens (primary N) is 1. The van der Waals surface area contributed by atoms with Crippen molar-refractivity contribution in [3.05, 3.63) is 35.9 Å². The molecule has 4 rings (SSSR count). The Morgan fingerprint density at radius 2 is 1.84 bits per heavy atom. The molecule has 0 unspecified atom stereocenters. The number of hydrogen-bond donors (Lipinski definition) is 1. The molecule has 0 aliphatic carbocycles. The van der Waals surface area contributed by atoms with E-state index in [-0.39, 0.29) is 0 Å². The second-order valence-electron chi connectivity index (χ2n) is 6.10. The van der Waals surface area contributed by atoms with Crippen LogP contribution in [0.5, 0.6) is 0 Å². The average molecular weight is 373 g/mol. The zero-order valence-electron chi connectivity index (χ0n) is 14.1. The fourth-order valence-corrected chi connectivity index (χ4v) is 4.41. The van der Waals surface area contributed by atoms with E-state index in [2.05, 4.69) is 51.1 Å². The molecular weight excluding hydrogens is 352 g/mol. The Hall–Kier alpha value is -1.90. The van der Waals surface area contributed by atoms with Crippen LogP contribution in [0.1, 0.15) is 5.56 Å². The van der Waals surface area contributed by atoms with Crippen LogP contribution in [0.3, 0.4) is 0 Å². The van der Waals surface area contributed by atoms with Gasteiger partial charge in [0.1, 0.15) is 4.70 Å². The number of rotatable bonds is 4. The number of piperazine rings is 1. The number of benzene rings is 1. The summed E-state index contributed by atoms with van der Waals surface area (Å²) in [5.41, 5.74) is 7.90. The lowest BCUT2D eigenvalue weighted by atomic mass is 10.2. The highest BCUT2D eigenvalue weighted by Gasteiger charge is 2.21. The van der Waals surface area contributed by atoms with E-state index in [4.69, 9.17) is 10.7 Å². The average Bonchev–Trinajstić information content (AvgIpc) is 3.01. The summed E-state index contributed by atoms with van der Waals surface area (Å²) in [6.07, 6.45) is 0. The molecular formula is C17H20N6S2. The first-order valence-corrected chi connectivity index (χ1v) is 10.0. The van der Waals surface area contributed by atoms with Crippen molar-refractivity contribution in [2.24, 2.45) is 0 Å². The van der Waals surface area contributed by atoms with Crippen LogP contribution in [0.2, 0.25) is 0 Å². The molecule has 2 N–H and O–H groups in total. The van der Waals surface area contributed by atoms with Gasteiger partial charge in [-0.1, -0.05) is 53.4 Å². The molecule has 0 radical (unpaired) electrons. The Labute approximate surface area is 155 Å². The highest BCUT2D eigenvalue weighted by molar-refractivity contribution is 7.98. The molecule has 6 nitrogen and oxygen atoms in total. The minimum Gasteiger partial charge on any atom is -0.375 e. The maximum atomic E-state index is 5.93. The van der Waals surface area contributed by atoms with E-state index in [1.165, 1.54) is 16.9 Å². The first kappa shape index (κ1) is 16.6. The molecule has 2 aromatic heterocycles. The summed E-state index contributed by atoms with van der Waals surface area (Å²) < 4.78 is 0.992. The van der Waals surface area contributed by atoms with Crippen LogP contribution in [0.4, 0.5) is 10.9 Å². The fraction of sp³-hybridized carbons (Fsp3) is 0.353. The molecule has 0 spiro atoms. The maximum Gasteiger partial charge on any atom is 0.191 e. The zero-order valence-corrected chi connectivity index (χ0v) is 15.7. The second-order valence-corrected chi connectivity index (χ2v) is 8.07. The van der Waals surface area contributed by atoms with Gasteiger partial charge in [-0.15, -0.1) is 0 Å². The number of thiazole rings is 1. The summed E-state index contributed by atoms with van der Waals surface area (Å²) >= 11 is 3.11. The summed E-state index contributed by atoms with van der Waals surface area (Å²) in [6, 6.07) is 10.4. The van der Waals surface area contributed by atoms with Gasteiger partial charge in [-0.3, -0.25) is 0 Å². The van der Waals surface area contributed by atoms with Crippen LogP contribution in [0.25, 0.3) is 10.3 Å². The lowest BCUT2D eigenvalue weighted by molar-refractivity contribution is 0.312. The van der Waals surface area contributed by atoms with Crippen LogP contribution in [-0.2, 0) is 5.75 Å². The molecule has 8 heteroatoms. The van der Waals surface area contributed by atoms with Crippen LogP contribution in [-0.4, -0.2) is 53.1 Å². The predicted molar refractivity (Wildman–Crippen MR) is 105 cm³/mol. The summed E-state index contributed by atoms with van der Waals surface area (Å²) in [7, 11) is 2.15. The first-order valence-electron chi connectivity index (χ1n) is 8.23. The molecule has 1 aliphatic rings. The molecule has 25 heavy (non-hydrogen) atoms. The van der Waals surface area contributed by atoms with Crippen LogP contribution in [0.15, 0.2) is 35.5 Å². The van der Waals surface area contributed by atoms with Crippen LogP contribution in [0, 0.1) is 0 Å².